The van der Waals surface area contributed by atoms with Gasteiger partial charge in [-0.05, 0) is 43.9 Å². The van der Waals surface area contributed by atoms with Crippen LogP contribution in [0.2, 0.25) is 0 Å². The lowest BCUT2D eigenvalue weighted by Crippen LogP contribution is -2.18. The zero-order chi connectivity index (χ0) is 10.7. The molecule has 2 atom stereocenters. The van der Waals surface area contributed by atoms with E-state index < -0.39 is 0 Å². The second-order valence-corrected chi connectivity index (χ2v) is 4.41. The SMILES string of the molecule is Cc1ccc(O[C@H]2C=CC(C)CC2)cc1. The van der Waals surface area contributed by atoms with E-state index >= 15 is 0 Å². The molecule has 0 saturated heterocycles. The normalized spacial score (nSPS) is 25.2. The van der Waals surface area contributed by atoms with Crippen molar-refractivity contribution in [1.82, 2.24) is 0 Å². The molecule has 80 valence electrons. The van der Waals surface area contributed by atoms with Gasteiger partial charge in [0, 0.05) is 0 Å². The Balaban J connectivity index is 1.97. The monoisotopic (exact) mass is 202 g/mol. The highest BCUT2D eigenvalue weighted by atomic mass is 16.5. The topological polar surface area (TPSA) is 9.23 Å². The van der Waals surface area contributed by atoms with Crippen molar-refractivity contribution in [3.8, 4) is 5.75 Å². The van der Waals surface area contributed by atoms with Crippen molar-refractivity contribution < 1.29 is 4.74 Å². The molecule has 0 aliphatic heterocycles. The molecule has 1 aliphatic rings. The molecule has 0 bridgehead atoms. The zero-order valence-corrected chi connectivity index (χ0v) is 9.44. The van der Waals surface area contributed by atoms with Gasteiger partial charge in [0.05, 0.1) is 0 Å². The number of hydrogen-bond acceptors (Lipinski definition) is 1. The predicted molar refractivity (Wildman–Crippen MR) is 63.1 cm³/mol. The number of allylic oxidation sites excluding steroid dienone is 1. The summed E-state index contributed by atoms with van der Waals surface area (Å²) >= 11 is 0. The first-order valence-electron chi connectivity index (χ1n) is 5.66. The molecule has 1 heteroatoms. The summed E-state index contributed by atoms with van der Waals surface area (Å²) in [6.07, 6.45) is 7.07. The minimum absolute atomic E-state index is 0.268. The van der Waals surface area contributed by atoms with Crippen LogP contribution in [0.15, 0.2) is 36.4 Å². The Kier molecular flexibility index (Phi) is 3.10. The molecule has 1 unspecified atom stereocenters. The van der Waals surface area contributed by atoms with Gasteiger partial charge in [-0.1, -0.05) is 30.7 Å². The third kappa shape index (κ3) is 2.85. The van der Waals surface area contributed by atoms with Gasteiger partial charge in [0.1, 0.15) is 11.9 Å². The van der Waals surface area contributed by atoms with Gasteiger partial charge in [0.25, 0.3) is 0 Å². The molecule has 15 heavy (non-hydrogen) atoms. The molecule has 0 aromatic heterocycles. The standard InChI is InChI=1S/C14H18O/c1-11-3-7-13(8-4-11)15-14-9-5-12(2)6-10-14/h3-5,7-9,12,14H,6,10H2,1-2H3/t12?,14-/m0/s1. The van der Waals surface area contributed by atoms with Gasteiger partial charge in [0.15, 0.2) is 0 Å². The van der Waals surface area contributed by atoms with Crippen molar-refractivity contribution in [2.24, 2.45) is 5.92 Å². The van der Waals surface area contributed by atoms with E-state index in [2.05, 4.69) is 38.1 Å². The molecule has 0 amide bonds. The summed E-state index contributed by atoms with van der Waals surface area (Å²) < 4.78 is 5.87. The van der Waals surface area contributed by atoms with Gasteiger partial charge in [-0.25, -0.2) is 0 Å². The van der Waals surface area contributed by atoms with Crippen molar-refractivity contribution >= 4 is 0 Å². The number of benzene rings is 1. The van der Waals surface area contributed by atoms with E-state index in [1.165, 1.54) is 12.0 Å². The van der Waals surface area contributed by atoms with Crippen LogP contribution in [0.25, 0.3) is 0 Å². The summed E-state index contributed by atoms with van der Waals surface area (Å²) in [4.78, 5) is 0. The van der Waals surface area contributed by atoms with Crippen LogP contribution in [0.5, 0.6) is 5.75 Å². The molecule has 1 aliphatic carbocycles. The van der Waals surface area contributed by atoms with Gasteiger partial charge in [-0.15, -0.1) is 0 Å². The third-order valence-corrected chi connectivity index (χ3v) is 2.87. The molecule has 1 aromatic carbocycles. The Bertz CT molecular complexity index is 337. The summed E-state index contributed by atoms with van der Waals surface area (Å²) in [5.41, 5.74) is 1.27. The first-order chi connectivity index (χ1) is 7.24. The Morgan fingerprint density at radius 1 is 1.07 bits per heavy atom. The summed E-state index contributed by atoms with van der Waals surface area (Å²) in [5.74, 6) is 1.69. The van der Waals surface area contributed by atoms with Crippen molar-refractivity contribution in [3.05, 3.63) is 42.0 Å². The molecule has 0 N–H and O–H groups in total. The first kappa shape index (κ1) is 10.3. The Labute approximate surface area is 91.8 Å². The molecular weight excluding hydrogens is 184 g/mol. The number of ether oxygens (including phenoxy) is 1. The lowest BCUT2D eigenvalue weighted by molar-refractivity contribution is 0.221. The summed E-state index contributed by atoms with van der Waals surface area (Å²) in [7, 11) is 0. The smallest absolute Gasteiger partial charge is 0.120 e. The predicted octanol–water partition coefficient (Wildman–Crippen LogP) is 3.73. The fourth-order valence-electron chi connectivity index (χ4n) is 1.82. The first-order valence-corrected chi connectivity index (χ1v) is 5.66. The number of rotatable bonds is 2. The zero-order valence-electron chi connectivity index (χ0n) is 9.44. The maximum Gasteiger partial charge on any atom is 0.120 e. The van der Waals surface area contributed by atoms with Gasteiger partial charge in [0.2, 0.25) is 0 Å². The fourth-order valence-corrected chi connectivity index (χ4v) is 1.82. The number of aryl methyl sites for hydroxylation is 1. The average molecular weight is 202 g/mol. The van der Waals surface area contributed by atoms with E-state index in [9.17, 15) is 0 Å². The van der Waals surface area contributed by atoms with Crippen LogP contribution in [0.4, 0.5) is 0 Å². The Morgan fingerprint density at radius 2 is 1.80 bits per heavy atom. The number of hydrogen-bond donors (Lipinski definition) is 0. The van der Waals surface area contributed by atoms with Crippen LogP contribution in [0.3, 0.4) is 0 Å². The minimum atomic E-state index is 0.268. The van der Waals surface area contributed by atoms with E-state index in [0.29, 0.717) is 5.92 Å². The van der Waals surface area contributed by atoms with Crippen LogP contribution in [0, 0.1) is 12.8 Å². The molecule has 0 saturated carbocycles. The van der Waals surface area contributed by atoms with E-state index in [0.717, 1.165) is 12.2 Å². The van der Waals surface area contributed by atoms with Crippen LogP contribution < -0.4 is 4.74 Å². The molecule has 0 spiro atoms. The third-order valence-electron chi connectivity index (χ3n) is 2.87. The lowest BCUT2D eigenvalue weighted by atomic mass is 9.96. The second kappa shape index (κ2) is 4.52. The molecule has 2 rings (SSSR count). The van der Waals surface area contributed by atoms with Crippen LogP contribution >= 0.6 is 0 Å². The highest BCUT2D eigenvalue weighted by Gasteiger charge is 2.13. The molecule has 0 heterocycles. The summed E-state index contributed by atoms with van der Waals surface area (Å²) in [6, 6.07) is 8.26. The fraction of sp³-hybridized carbons (Fsp3) is 0.429. The van der Waals surface area contributed by atoms with Crippen molar-refractivity contribution in [2.75, 3.05) is 0 Å². The largest absolute Gasteiger partial charge is 0.486 e. The summed E-state index contributed by atoms with van der Waals surface area (Å²) in [6.45, 7) is 4.34. The highest BCUT2D eigenvalue weighted by Crippen LogP contribution is 2.21. The molecular formula is C14H18O. The maximum absolute atomic E-state index is 5.87. The minimum Gasteiger partial charge on any atom is -0.486 e. The Hall–Kier alpha value is -1.24. The van der Waals surface area contributed by atoms with Gasteiger partial charge in [-0.3, -0.25) is 0 Å². The molecule has 0 fully saturated rings. The lowest BCUT2D eigenvalue weighted by Gasteiger charge is -2.21. The van der Waals surface area contributed by atoms with Crippen LogP contribution in [0.1, 0.15) is 25.3 Å². The maximum atomic E-state index is 5.87. The van der Waals surface area contributed by atoms with Gasteiger partial charge < -0.3 is 4.74 Å². The van der Waals surface area contributed by atoms with Crippen molar-refractivity contribution in [2.45, 2.75) is 32.8 Å². The Morgan fingerprint density at radius 3 is 2.40 bits per heavy atom. The highest BCUT2D eigenvalue weighted by molar-refractivity contribution is 5.27. The van der Waals surface area contributed by atoms with E-state index in [1.807, 2.05) is 12.1 Å². The van der Waals surface area contributed by atoms with Crippen molar-refractivity contribution in [1.29, 1.82) is 0 Å². The van der Waals surface area contributed by atoms with Gasteiger partial charge in [-0.2, -0.15) is 0 Å². The van der Waals surface area contributed by atoms with E-state index in [1.54, 1.807) is 0 Å². The molecule has 1 nitrogen and oxygen atoms in total. The van der Waals surface area contributed by atoms with Crippen LogP contribution in [-0.4, -0.2) is 6.10 Å². The second-order valence-electron chi connectivity index (χ2n) is 4.41. The van der Waals surface area contributed by atoms with Crippen molar-refractivity contribution in [3.63, 3.8) is 0 Å². The van der Waals surface area contributed by atoms with E-state index in [-0.39, 0.29) is 6.10 Å². The molecule has 1 aromatic rings. The van der Waals surface area contributed by atoms with Crippen LogP contribution in [-0.2, 0) is 0 Å². The van der Waals surface area contributed by atoms with Gasteiger partial charge >= 0.3 is 0 Å². The van der Waals surface area contributed by atoms with E-state index in [4.69, 9.17) is 4.74 Å². The summed E-state index contributed by atoms with van der Waals surface area (Å²) in [5, 5.41) is 0. The quantitative estimate of drug-likeness (QED) is 0.664. The molecule has 0 radical (unpaired) electrons. The average Bonchev–Trinajstić information content (AvgIpc) is 2.25.